The van der Waals surface area contributed by atoms with E-state index in [1.807, 2.05) is 18.2 Å². The Balaban J connectivity index is 2.48. The van der Waals surface area contributed by atoms with Gasteiger partial charge >= 0.3 is 0 Å². The van der Waals surface area contributed by atoms with Crippen molar-refractivity contribution in [3.05, 3.63) is 33.3 Å². The van der Waals surface area contributed by atoms with Gasteiger partial charge in [-0.25, -0.2) is 0 Å². The average Bonchev–Trinajstić information content (AvgIpc) is 2.66. The topological polar surface area (TPSA) is 52.0 Å². The second-order valence-corrected chi connectivity index (χ2v) is 5.02. The Labute approximate surface area is 113 Å². The summed E-state index contributed by atoms with van der Waals surface area (Å²) in [4.78, 5) is 0. The smallest absolute Gasteiger partial charge is 0.172 e. The summed E-state index contributed by atoms with van der Waals surface area (Å²) in [6.07, 6.45) is 1.85. The van der Waals surface area contributed by atoms with Crippen molar-refractivity contribution in [2.75, 3.05) is 5.73 Å². The first-order valence-electron chi connectivity index (χ1n) is 5.33. The van der Waals surface area contributed by atoms with Gasteiger partial charge < -0.3 is 10.3 Å². The molecule has 0 spiro atoms. The lowest BCUT2D eigenvalue weighted by Gasteiger charge is -2.02. The number of nitrogens with two attached hydrogens (primary N) is 1. The van der Waals surface area contributed by atoms with Crippen molar-refractivity contribution in [1.82, 2.24) is 5.16 Å². The number of anilines is 1. The first-order valence-corrected chi connectivity index (χ1v) is 6.50. The minimum atomic E-state index is 0.466. The molecular formula is C12H12BrClN2O. The van der Waals surface area contributed by atoms with Gasteiger partial charge in [0.2, 0.25) is 0 Å². The van der Waals surface area contributed by atoms with E-state index >= 15 is 0 Å². The number of aromatic nitrogens is 1. The SMILES string of the molecule is CCCc1c(N)noc1-c1ccc(Cl)c(Br)c1. The first kappa shape index (κ1) is 12.5. The maximum atomic E-state index is 5.96. The van der Waals surface area contributed by atoms with Crippen molar-refractivity contribution in [2.45, 2.75) is 19.8 Å². The van der Waals surface area contributed by atoms with Gasteiger partial charge in [-0.2, -0.15) is 0 Å². The van der Waals surface area contributed by atoms with Crippen LogP contribution in [0.5, 0.6) is 0 Å². The molecule has 0 radical (unpaired) electrons. The molecule has 0 aliphatic heterocycles. The summed E-state index contributed by atoms with van der Waals surface area (Å²) in [5.41, 5.74) is 7.67. The Kier molecular flexibility index (Phi) is 3.74. The third kappa shape index (κ3) is 2.48. The molecule has 2 aromatic rings. The zero-order valence-electron chi connectivity index (χ0n) is 9.34. The van der Waals surface area contributed by atoms with Gasteiger partial charge in [0.1, 0.15) is 0 Å². The summed E-state index contributed by atoms with van der Waals surface area (Å²) in [6.45, 7) is 2.09. The summed E-state index contributed by atoms with van der Waals surface area (Å²) >= 11 is 9.34. The predicted molar refractivity (Wildman–Crippen MR) is 73.1 cm³/mol. The molecule has 0 amide bonds. The van der Waals surface area contributed by atoms with Gasteiger partial charge in [-0.3, -0.25) is 0 Å². The van der Waals surface area contributed by atoms with Crippen molar-refractivity contribution in [3.63, 3.8) is 0 Å². The lowest BCUT2D eigenvalue weighted by atomic mass is 10.1. The van der Waals surface area contributed by atoms with E-state index in [2.05, 4.69) is 28.0 Å². The van der Waals surface area contributed by atoms with Crippen LogP contribution in [0.25, 0.3) is 11.3 Å². The largest absolute Gasteiger partial charge is 0.381 e. The van der Waals surface area contributed by atoms with Gasteiger partial charge in [0.25, 0.3) is 0 Å². The van der Waals surface area contributed by atoms with E-state index in [4.69, 9.17) is 21.9 Å². The van der Waals surface area contributed by atoms with E-state index in [0.717, 1.165) is 34.2 Å². The monoisotopic (exact) mass is 314 g/mol. The number of nitrogen functional groups attached to an aromatic ring is 1. The normalized spacial score (nSPS) is 10.8. The van der Waals surface area contributed by atoms with Crippen LogP contribution in [0.3, 0.4) is 0 Å². The zero-order chi connectivity index (χ0) is 12.4. The molecule has 0 bridgehead atoms. The Morgan fingerprint density at radius 1 is 1.47 bits per heavy atom. The number of halogens is 2. The molecule has 2 rings (SSSR count). The fraction of sp³-hybridized carbons (Fsp3) is 0.250. The second-order valence-electron chi connectivity index (χ2n) is 3.75. The molecular weight excluding hydrogens is 304 g/mol. The highest BCUT2D eigenvalue weighted by Crippen LogP contribution is 2.33. The fourth-order valence-electron chi connectivity index (χ4n) is 1.68. The molecule has 1 aromatic heterocycles. The van der Waals surface area contributed by atoms with Gasteiger partial charge in [0.05, 0.1) is 5.02 Å². The molecule has 0 atom stereocenters. The van der Waals surface area contributed by atoms with Crippen LogP contribution < -0.4 is 5.73 Å². The molecule has 17 heavy (non-hydrogen) atoms. The summed E-state index contributed by atoms with van der Waals surface area (Å²) < 4.78 is 6.12. The van der Waals surface area contributed by atoms with E-state index in [0.29, 0.717) is 10.8 Å². The van der Waals surface area contributed by atoms with Crippen molar-refractivity contribution < 1.29 is 4.52 Å². The summed E-state index contributed by atoms with van der Waals surface area (Å²) in [5.74, 6) is 1.19. The second kappa shape index (κ2) is 5.10. The minimum Gasteiger partial charge on any atom is -0.381 e. The first-order chi connectivity index (χ1) is 8.13. The number of benzene rings is 1. The number of rotatable bonds is 3. The van der Waals surface area contributed by atoms with Crippen LogP contribution in [0.15, 0.2) is 27.2 Å². The quantitative estimate of drug-likeness (QED) is 0.919. The number of hydrogen-bond donors (Lipinski definition) is 1. The van der Waals surface area contributed by atoms with E-state index in [-0.39, 0.29) is 0 Å². The Bertz CT molecular complexity index is 539. The maximum Gasteiger partial charge on any atom is 0.172 e. The van der Waals surface area contributed by atoms with Gasteiger partial charge in [-0.1, -0.05) is 30.1 Å². The van der Waals surface area contributed by atoms with Gasteiger partial charge in [-0.15, -0.1) is 0 Å². The van der Waals surface area contributed by atoms with Gasteiger partial charge in [0, 0.05) is 15.6 Å². The van der Waals surface area contributed by atoms with E-state index in [1.54, 1.807) is 0 Å². The predicted octanol–water partition coefficient (Wildman–Crippen LogP) is 4.29. The molecule has 2 N–H and O–H groups in total. The van der Waals surface area contributed by atoms with Gasteiger partial charge in [-0.05, 0) is 40.5 Å². The molecule has 0 aliphatic carbocycles. The zero-order valence-corrected chi connectivity index (χ0v) is 11.7. The highest BCUT2D eigenvalue weighted by atomic mass is 79.9. The van der Waals surface area contributed by atoms with Crippen molar-refractivity contribution in [3.8, 4) is 11.3 Å². The summed E-state index contributed by atoms with van der Waals surface area (Å²) in [5, 5.41) is 4.48. The Morgan fingerprint density at radius 3 is 2.88 bits per heavy atom. The molecule has 90 valence electrons. The summed E-state index contributed by atoms with van der Waals surface area (Å²) in [6, 6.07) is 5.61. The highest BCUT2D eigenvalue weighted by Gasteiger charge is 2.15. The highest BCUT2D eigenvalue weighted by molar-refractivity contribution is 9.10. The Morgan fingerprint density at radius 2 is 2.24 bits per heavy atom. The molecule has 1 aromatic carbocycles. The molecule has 5 heteroatoms. The standard InChI is InChI=1S/C12H12BrClN2O/c1-2-3-8-11(17-16-12(8)15)7-4-5-10(14)9(13)6-7/h4-6H,2-3H2,1H3,(H2,15,16). The van der Waals surface area contributed by atoms with Crippen LogP contribution in [0.4, 0.5) is 5.82 Å². The molecule has 0 saturated carbocycles. The van der Waals surface area contributed by atoms with Crippen LogP contribution >= 0.6 is 27.5 Å². The molecule has 0 saturated heterocycles. The number of nitrogens with zero attached hydrogens (tertiary/aromatic N) is 1. The third-order valence-electron chi connectivity index (χ3n) is 2.50. The fourth-order valence-corrected chi connectivity index (χ4v) is 2.17. The molecule has 1 heterocycles. The lowest BCUT2D eigenvalue weighted by Crippen LogP contribution is -1.92. The molecule has 3 nitrogen and oxygen atoms in total. The molecule has 0 aliphatic rings. The van der Waals surface area contributed by atoms with E-state index < -0.39 is 0 Å². The van der Waals surface area contributed by atoms with Gasteiger partial charge in [0.15, 0.2) is 11.6 Å². The lowest BCUT2D eigenvalue weighted by molar-refractivity contribution is 0.435. The van der Waals surface area contributed by atoms with E-state index in [9.17, 15) is 0 Å². The van der Waals surface area contributed by atoms with Crippen LogP contribution in [-0.2, 0) is 6.42 Å². The van der Waals surface area contributed by atoms with Crippen molar-refractivity contribution >= 4 is 33.3 Å². The third-order valence-corrected chi connectivity index (χ3v) is 3.71. The van der Waals surface area contributed by atoms with Crippen LogP contribution in [0, 0.1) is 0 Å². The van der Waals surface area contributed by atoms with Crippen LogP contribution in [0.1, 0.15) is 18.9 Å². The summed E-state index contributed by atoms with van der Waals surface area (Å²) in [7, 11) is 0. The maximum absolute atomic E-state index is 5.96. The van der Waals surface area contributed by atoms with Crippen molar-refractivity contribution in [2.24, 2.45) is 0 Å². The van der Waals surface area contributed by atoms with Crippen molar-refractivity contribution in [1.29, 1.82) is 0 Å². The van der Waals surface area contributed by atoms with E-state index in [1.165, 1.54) is 0 Å². The number of hydrogen-bond acceptors (Lipinski definition) is 3. The Hall–Kier alpha value is -1.000. The molecule has 0 unspecified atom stereocenters. The van der Waals surface area contributed by atoms with Crippen LogP contribution in [0.2, 0.25) is 5.02 Å². The van der Waals surface area contributed by atoms with Crippen LogP contribution in [-0.4, -0.2) is 5.16 Å². The average molecular weight is 316 g/mol. The minimum absolute atomic E-state index is 0.466. The molecule has 0 fully saturated rings.